The molecule has 0 aliphatic rings. The van der Waals surface area contributed by atoms with Crippen LogP contribution in [0.2, 0.25) is 0 Å². The molecule has 0 saturated carbocycles. The van der Waals surface area contributed by atoms with Gasteiger partial charge in [0.2, 0.25) is 0 Å². The standard InChI is InChI=1S/C8H16F3NOS/c1-7(3-5-12)14(13)6-2-4-8(9,10)11/h7H,2-6,12H2,1H3. The number of rotatable bonds is 6. The summed E-state index contributed by atoms with van der Waals surface area (Å²) in [6.07, 6.45) is -4.46. The van der Waals surface area contributed by atoms with Crippen LogP contribution in [-0.2, 0) is 10.8 Å². The van der Waals surface area contributed by atoms with Crippen LogP contribution in [0, 0.1) is 0 Å². The second-order valence-electron chi connectivity index (χ2n) is 3.19. The van der Waals surface area contributed by atoms with E-state index in [9.17, 15) is 17.4 Å². The number of hydrogen-bond acceptors (Lipinski definition) is 2. The lowest BCUT2D eigenvalue weighted by Crippen LogP contribution is -2.19. The Bertz CT molecular complexity index is 184. The predicted octanol–water partition coefficient (Wildman–Crippen LogP) is 1.81. The van der Waals surface area contributed by atoms with E-state index in [4.69, 9.17) is 5.73 Å². The third-order valence-electron chi connectivity index (χ3n) is 1.83. The summed E-state index contributed by atoms with van der Waals surface area (Å²) in [4.78, 5) is 0. The molecule has 2 N–H and O–H groups in total. The van der Waals surface area contributed by atoms with Gasteiger partial charge >= 0.3 is 6.18 Å². The van der Waals surface area contributed by atoms with Crippen LogP contribution in [0.3, 0.4) is 0 Å². The summed E-state index contributed by atoms with van der Waals surface area (Å²) in [5.41, 5.74) is 5.25. The van der Waals surface area contributed by atoms with Gasteiger partial charge in [0.15, 0.2) is 0 Å². The van der Waals surface area contributed by atoms with Crippen LogP contribution >= 0.6 is 0 Å². The van der Waals surface area contributed by atoms with Gasteiger partial charge in [-0.3, -0.25) is 4.21 Å². The van der Waals surface area contributed by atoms with Crippen LogP contribution in [0.5, 0.6) is 0 Å². The molecule has 0 aliphatic carbocycles. The van der Waals surface area contributed by atoms with Crippen LogP contribution in [-0.4, -0.2) is 27.9 Å². The topological polar surface area (TPSA) is 43.1 Å². The van der Waals surface area contributed by atoms with Crippen LogP contribution in [0.4, 0.5) is 13.2 Å². The second kappa shape index (κ2) is 6.40. The van der Waals surface area contributed by atoms with E-state index in [1.165, 1.54) is 0 Å². The van der Waals surface area contributed by atoms with Crippen LogP contribution in [0.25, 0.3) is 0 Å². The maximum Gasteiger partial charge on any atom is 0.389 e. The Hall–Kier alpha value is -0.100. The molecule has 0 heterocycles. The lowest BCUT2D eigenvalue weighted by atomic mass is 10.3. The van der Waals surface area contributed by atoms with E-state index in [2.05, 4.69) is 0 Å². The first-order valence-corrected chi connectivity index (χ1v) is 5.89. The van der Waals surface area contributed by atoms with Gasteiger partial charge in [-0.05, 0) is 19.4 Å². The lowest BCUT2D eigenvalue weighted by molar-refractivity contribution is -0.134. The predicted molar refractivity (Wildman–Crippen MR) is 51.4 cm³/mol. The molecule has 0 fully saturated rings. The third kappa shape index (κ3) is 7.32. The Kier molecular flexibility index (Phi) is 6.35. The maximum absolute atomic E-state index is 11.7. The zero-order chi connectivity index (χ0) is 11.2. The Morgan fingerprint density at radius 3 is 2.43 bits per heavy atom. The molecule has 14 heavy (non-hydrogen) atoms. The highest BCUT2D eigenvalue weighted by atomic mass is 32.2. The fourth-order valence-electron chi connectivity index (χ4n) is 0.982. The highest BCUT2D eigenvalue weighted by Crippen LogP contribution is 2.21. The first-order chi connectivity index (χ1) is 6.37. The van der Waals surface area contributed by atoms with E-state index in [0.29, 0.717) is 13.0 Å². The van der Waals surface area contributed by atoms with E-state index < -0.39 is 23.4 Å². The molecule has 0 saturated heterocycles. The molecule has 86 valence electrons. The molecular formula is C8H16F3NOS. The molecule has 0 amide bonds. The Labute approximate surface area is 84.5 Å². The summed E-state index contributed by atoms with van der Waals surface area (Å²) in [5.74, 6) is 0.112. The summed E-state index contributed by atoms with van der Waals surface area (Å²) in [6, 6.07) is 0. The minimum atomic E-state index is -4.14. The molecule has 0 radical (unpaired) electrons. The smallest absolute Gasteiger partial charge is 0.330 e. The van der Waals surface area contributed by atoms with Crippen molar-refractivity contribution in [3.8, 4) is 0 Å². The molecule has 0 spiro atoms. The fourth-order valence-corrected chi connectivity index (χ4v) is 2.21. The fraction of sp³-hybridized carbons (Fsp3) is 1.00. The second-order valence-corrected chi connectivity index (χ2v) is 5.17. The molecule has 0 aromatic carbocycles. The van der Waals surface area contributed by atoms with Crippen molar-refractivity contribution in [3.63, 3.8) is 0 Å². The van der Waals surface area contributed by atoms with Crippen molar-refractivity contribution in [1.29, 1.82) is 0 Å². The van der Waals surface area contributed by atoms with Gasteiger partial charge in [-0.1, -0.05) is 6.92 Å². The quantitative estimate of drug-likeness (QED) is 0.757. The van der Waals surface area contributed by atoms with Gasteiger partial charge in [-0.15, -0.1) is 0 Å². The molecule has 0 aliphatic heterocycles. The van der Waals surface area contributed by atoms with Gasteiger partial charge in [-0.25, -0.2) is 0 Å². The third-order valence-corrected chi connectivity index (χ3v) is 3.65. The summed E-state index contributed by atoms with van der Waals surface area (Å²) >= 11 is 0. The van der Waals surface area contributed by atoms with Crippen molar-refractivity contribution in [1.82, 2.24) is 0 Å². The largest absolute Gasteiger partial charge is 0.389 e. The number of hydrogen-bond donors (Lipinski definition) is 1. The molecule has 2 nitrogen and oxygen atoms in total. The highest BCUT2D eigenvalue weighted by molar-refractivity contribution is 7.85. The van der Waals surface area contributed by atoms with E-state index in [1.807, 2.05) is 0 Å². The average Bonchev–Trinajstić information content (AvgIpc) is 2.02. The zero-order valence-corrected chi connectivity index (χ0v) is 8.96. The van der Waals surface area contributed by atoms with Crippen molar-refractivity contribution in [2.45, 2.75) is 37.6 Å². The van der Waals surface area contributed by atoms with Gasteiger partial charge in [-0.2, -0.15) is 13.2 Å². The summed E-state index contributed by atoms with van der Waals surface area (Å²) < 4.78 is 46.5. The van der Waals surface area contributed by atoms with Crippen molar-refractivity contribution < 1.29 is 17.4 Å². The molecule has 0 bridgehead atoms. The van der Waals surface area contributed by atoms with Gasteiger partial charge in [0, 0.05) is 28.2 Å². The summed E-state index contributed by atoms with van der Waals surface area (Å²) in [6.45, 7) is 2.17. The Morgan fingerprint density at radius 2 is 2.00 bits per heavy atom. The molecule has 2 unspecified atom stereocenters. The van der Waals surface area contributed by atoms with Crippen molar-refractivity contribution in [2.24, 2.45) is 5.73 Å². The minimum absolute atomic E-state index is 0.0645. The minimum Gasteiger partial charge on any atom is -0.330 e. The highest BCUT2D eigenvalue weighted by Gasteiger charge is 2.26. The van der Waals surface area contributed by atoms with E-state index in [-0.39, 0.29) is 17.4 Å². The SMILES string of the molecule is CC(CCN)S(=O)CCCC(F)(F)F. The van der Waals surface area contributed by atoms with Crippen LogP contribution < -0.4 is 5.73 Å². The zero-order valence-electron chi connectivity index (χ0n) is 8.14. The van der Waals surface area contributed by atoms with E-state index in [1.54, 1.807) is 6.92 Å². The molecule has 0 aromatic rings. The van der Waals surface area contributed by atoms with Gasteiger partial charge in [0.25, 0.3) is 0 Å². The summed E-state index contributed by atoms with van der Waals surface area (Å²) in [7, 11) is -1.18. The first-order valence-electron chi connectivity index (χ1n) is 4.51. The molecule has 6 heteroatoms. The van der Waals surface area contributed by atoms with Crippen molar-refractivity contribution >= 4 is 10.8 Å². The van der Waals surface area contributed by atoms with Crippen molar-refractivity contribution in [3.05, 3.63) is 0 Å². The van der Waals surface area contributed by atoms with Gasteiger partial charge in [0.1, 0.15) is 0 Å². The average molecular weight is 231 g/mol. The molecule has 0 rings (SSSR count). The number of alkyl halides is 3. The Balaban J connectivity index is 3.64. The monoisotopic (exact) mass is 231 g/mol. The lowest BCUT2D eigenvalue weighted by Gasteiger charge is -2.10. The number of halogens is 3. The van der Waals surface area contributed by atoms with E-state index >= 15 is 0 Å². The van der Waals surface area contributed by atoms with Crippen LogP contribution in [0.15, 0.2) is 0 Å². The van der Waals surface area contributed by atoms with Gasteiger partial charge in [0.05, 0.1) is 0 Å². The van der Waals surface area contributed by atoms with E-state index in [0.717, 1.165) is 0 Å². The van der Waals surface area contributed by atoms with Crippen LogP contribution in [0.1, 0.15) is 26.2 Å². The first kappa shape index (κ1) is 13.9. The summed E-state index contributed by atoms with van der Waals surface area (Å²) in [5, 5.41) is -0.103. The Morgan fingerprint density at radius 1 is 1.43 bits per heavy atom. The maximum atomic E-state index is 11.7. The molecular weight excluding hydrogens is 215 g/mol. The number of nitrogens with two attached hydrogens (primary N) is 1. The normalized spacial score (nSPS) is 16.6. The molecule has 2 atom stereocenters. The van der Waals surface area contributed by atoms with Crippen molar-refractivity contribution in [2.75, 3.05) is 12.3 Å². The molecule has 0 aromatic heterocycles. The van der Waals surface area contributed by atoms with Gasteiger partial charge < -0.3 is 5.73 Å².